The van der Waals surface area contributed by atoms with Gasteiger partial charge in [0.15, 0.2) is 0 Å². The van der Waals surface area contributed by atoms with E-state index in [0.717, 1.165) is 11.1 Å². The average molecular weight is 315 g/mol. The molecule has 2 aromatic rings. The second-order valence-corrected chi connectivity index (χ2v) is 5.51. The number of benzene rings is 2. The lowest BCUT2D eigenvalue weighted by Crippen LogP contribution is -2.10. The van der Waals surface area contributed by atoms with Crippen LogP contribution >= 0.6 is 23.2 Å². The third kappa shape index (κ3) is 4.19. The van der Waals surface area contributed by atoms with E-state index in [-0.39, 0.29) is 17.6 Å². The quantitative estimate of drug-likeness (QED) is 0.660. The van der Waals surface area contributed by atoms with E-state index in [1.165, 1.54) is 24.3 Å². The maximum absolute atomic E-state index is 13.2. The van der Waals surface area contributed by atoms with Crippen molar-refractivity contribution in [2.45, 2.75) is 12.8 Å². The molecule has 0 saturated heterocycles. The van der Waals surface area contributed by atoms with Crippen LogP contribution in [-0.4, -0.2) is 5.88 Å². The van der Waals surface area contributed by atoms with Gasteiger partial charge in [-0.1, -0.05) is 29.8 Å². The summed E-state index contributed by atoms with van der Waals surface area (Å²) in [5.74, 6) is -0.0483. The first-order valence-corrected chi connectivity index (χ1v) is 7.24. The van der Waals surface area contributed by atoms with Crippen LogP contribution in [0.4, 0.5) is 8.78 Å². The summed E-state index contributed by atoms with van der Waals surface area (Å²) < 4.78 is 26.2. The molecule has 0 aliphatic heterocycles. The Bertz CT molecular complexity index is 584. The van der Waals surface area contributed by atoms with Gasteiger partial charge in [-0.05, 0) is 54.2 Å². The van der Waals surface area contributed by atoms with Gasteiger partial charge >= 0.3 is 0 Å². The summed E-state index contributed by atoms with van der Waals surface area (Å²) in [5.41, 5.74) is 1.75. The maximum atomic E-state index is 13.2. The van der Waals surface area contributed by atoms with E-state index in [1.807, 2.05) is 6.07 Å². The zero-order chi connectivity index (χ0) is 14.5. The van der Waals surface area contributed by atoms with Crippen LogP contribution in [0.5, 0.6) is 0 Å². The van der Waals surface area contributed by atoms with Gasteiger partial charge < -0.3 is 0 Å². The van der Waals surface area contributed by atoms with E-state index < -0.39 is 0 Å². The Kier molecular flexibility index (Phi) is 5.38. The molecule has 0 saturated carbocycles. The van der Waals surface area contributed by atoms with Crippen LogP contribution in [0.3, 0.4) is 0 Å². The minimum absolute atomic E-state index is 0.126. The largest absolute Gasteiger partial charge is 0.207 e. The minimum Gasteiger partial charge on any atom is -0.207 e. The number of alkyl halides is 1. The Morgan fingerprint density at radius 1 is 0.950 bits per heavy atom. The molecule has 20 heavy (non-hydrogen) atoms. The van der Waals surface area contributed by atoms with Crippen LogP contribution < -0.4 is 0 Å². The molecule has 0 fully saturated rings. The standard InChI is InChI=1S/C16H14Cl2F2/c17-10-12(6-11-2-1-3-14(19)8-11)7-13-4-5-15(20)9-16(13)18/h1-5,8-9,12H,6-7,10H2. The van der Waals surface area contributed by atoms with Gasteiger partial charge in [0.05, 0.1) is 0 Å². The molecule has 0 heterocycles. The van der Waals surface area contributed by atoms with Gasteiger partial charge in [0.1, 0.15) is 11.6 Å². The highest BCUT2D eigenvalue weighted by atomic mass is 35.5. The highest BCUT2D eigenvalue weighted by Crippen LogP contribution is 2.23. The highest BCUT2D eigenvalue weighted by molar-refractivity contribution is 6.31. The van der Waals surface area contributed by atoms with Gasteiger partial charge in [0.25, 0.3) is 0 Å². The molecule has 0 bridgehead atoms. The fourth-order valence-corrected chi connectivity index (χ4v) is 2.64. The number of hydrogen-bond acceptors (Lipinski definition) is 0. The van der Waals surface area contributed by atoms with Crippen molar-refractivity contribution >= 4 is 23.2 Å². The summed E-state index contributed by atoms with van der Waals surface area (Å²) in [6.45, 7) is 0. The summed E-state index contributed by atoms with van der Waals surface area (Å²) in [7, 11) is 0. The second kappa shape index (κ2) is 7.05. The molecule has 0 N–H and O–H groups in total. The van der Waals surface area contributed by atoms with Crippen molar-refractivity contribution in [2.24, 2.45) is 5.92 Å². The molecule has 2 rings (SSSR count). The first-order chi connectivity index (χ1) is 9.58. The monoisotopic (exact) mass is 314 g/mol. The SMILES string of the molecule is Fc1cccc(CC(CCl)Cc2ccc(F)cc2Cl)c1. The Labute approximate surface area is 127 Å². The molecule has 0 amide bonds. The van der Waals surface area contributed by atoms with Crippen molar-refractivity contribution in [1.29, 1.82) is 0 Å². The normalized spacial score (nSPS) is 12.4. The molecule has 1 atom stereocenters. The van der Waals surface area contributed by atoms with Crippen molar-refractivity contribution < 1.29 is 8.78 Å². The van der Waals surface area contributed by atoms with Gasteiger partial charge in [-0.25, -0.2) is 8.78 Å². The summed E-state index contributed by atoms with van der Waals surface area (Å²) in [6, 6.07) is 10.8. The Morgan fingerprint density at radius 2 is 1.70 bits per heavy atom. The van der Waals surface area contributed by atoms with Gasteiger partial charge in [0, 0.05) is 10.9 Å². The van der Waals surface area contributed by atoms with Crippen LogP contribution in [0.25, 0.3) is 0 Å². The topological polar surface area (TPSA) is 0 Å². The van der Waals surface area contributed by atoms with Gasteiger partial charge in [-0.2, -0.15) is 0 Å². The molecule has 0 spiro atoms. The molecule has 1 unspecified atom stereocenters. The molecule has 0 aliphatic rings. The van der Waals surface area contributed by atoms with Gasteiger partial charge in [-0.15, -0.1) is 11.6 Å². The van der Waals surface area contributed by atoms with E-state index in [1.54, 1.807) is 12.1 Å². The number of rotatable bonds is 5. The molecule has 0 aliphatic carbocycles. The first kappa shape index (κ1) is 15.3. The van der Waals surface area contributed by atoms with Gasteiger partial charge in [-0.3, -0.25) is 0 Å². The van der Waals surface area contributed by atoms with E-state index in [9.17, 15) is 8.78 Å². The van der Waals surface area contributed by atoms with E-state index >= 15 is 0 Å². The molecule has 4 heteroatoms. The lowest BCUT2D eigenvalue weighted by Gasteiger charge is -2.15. The zero-order valence-electron chi connectivity index (χ0n) is 10.8. The smallest absolute Gasteiger partial charge is 0.124 e. The predicted molar refractivity (Wildman–Crippen MR) is 79.4 cm³/mol. The van der Waals surface area contributed by atoms with Crippen molar-refractivity contribution in [2.75, 3.05) is 5.88 Å². The fraction of sp³-hybridized carbons (Fsp3) is 0.250. The van der Waals surface area contributed by atoms with E-state index in [0.29, 0.717) is 23.7 Å². The van der Waals surface area contributed by atoms with Crippen LogP contribution in [-0.2, 0) is 12.8 Å². The highest BCUT2D eigenvalue weighted by Gasteiger charge is 2.13. The first-order valence-electron chi connectivity index (χ1n) is 6.33. The van der Waals surface area contributed by atoms with Crippen molar-refractivity contribution in [3.63, 3.8) is 0 Å². The summed E-state index contributed by atoms with van der Waals surface area (Å²) >= 11 is 12.0. The summed E-state index contributed by atoms with van der Waals surface area (Å²) in [6.07, 6.45) is 1.30. The lowest BCUT2D eigenvalue weighted by molar-refractivity contribution is 0.574. The van der Waals surface area contributed by atoms with E-state index in [4.69, 9.17) is 23.2 Å². The predicted octanol–water partition coefficient (Wildman–Crippen LogP) is 5.26. The molecular weight excluding hydrogens is 301 g/mol. The molecule has 2 aromatic carbocycles. The van der Waals surface area contributed by atoms with Crippen LogP contribution in [0.15, 0.2) is 42.5 Å². The van der Waals surface area contributed by atoms with Crippen LogP contribution in [0.1, 0.15) is 11.1 Å². The van der Waals surface area contributed by atoms with Crippen molar-refractivity contribution in [3.05, 3.63) is 70.2 Å². The fourth-order valence-electron chi connectivity index (χ4n) is 2.18. The number of halogens is 4. The molecule has 0 radical (unpaired) electrons. The van der Waals surface area contributed by atoms with E-state index in [2.05, 4.69) is 0 Å². The molecule has 0 aromatic heterocycles. The average Bonchev–Trinajstić information content (AvgIpc) is 2.41. The Balaban J connectivity index is 2.09. The zero-order valence-corrected chi connectivity index (χ0v) is 12.3. The Hall–Kier alpha value is -1.12. The second-order valence-electron chi connectivity index (χ2n) is 4.79. The molecular formula is C16H14Cl2F2. The lowest BCUT2D eigenvalue weighted by atomic mass is 9.94. The minimum atomic E-state index is -0.355. The third-order valence-electron chi connectivity index (χ3n) is 3.16. The number of hydrogen-bond donors (Lipinski definition) is 0. The third-order valence-corrected chi connectivity index (χ3v) is 3.94. The summed E-state index contributed by atoms with van der Waals surface area (Å²) in [5, 5.41) is 0.402. The molecule has 0 nitrogen and oxygen atoms in total. The maximum Gasteiger partial charge on any atom is 0.124 e. The Morgan fingerprint density at radius 3 is 2.35 bits per heavy atom. The van der Waals surface area contributed by atoms with Crippen LogP contribution in [0, 0.1) is 17.6 Å². The van der Waals surface area contributed by atoms with Crippen molar-refractivity contribution in [3.8, 4) is 0 Å². The van der Waals surface area contributed by atoms with Crippen molar-refractivity contribution in [1.82, 2.24) is 0 Å². The van der Waals surface area contributed by atoms with Gasteiger partial charge in [0.2, 0.25) is 0 Å². The molecule has 106 valence electrons. The summed E-state index contributed by atoms with van der Waals surface area (Å²) in [4.78, 5) is 0. The van der Waals surface area contributed by atoms with Crippen LogP contribution in [0.2, 0.25) is 5.02 Å².